The van der Waals surface area contributed by atoms with Gasteiger partial charge in [0, 0.05) is 24.4 Å². The predicted molar refractivity (Wildman–Crippen MR) is 125 cm³/mol. The maximum Gasteiger partial charge on any atom is 0.241 e. The number of benzene rings is 2. The molecule has 0 aliphatic heterocycles. The van der Waals surface area contributed by atoms with Crippen LogP contribution in [-0.4, -0.2) is 33.5 Å². The molecule has 3 N–H and O–H groups in total. The Balaban J connectivity index is 0.00000210. The van der Waals surface area contributed by atoms with Crippen LogP contribution < -0.4 is 11.1 Å². The molecule has 0 fully saturated rings. The number of rotatable bonds is 6. The van der Waals surface area contributed by atoms with E-state index in [1.54, 1.807) is 17.8 Å². The molecule has 1 heterocycles. The van der Waals surface area contributed by atoms with Gasteiger partial charge in [0.15, 0.2) is 0 Å². The van der Waals surface area contributed by atoms with Gasteiger partial charge in [-0.15, -0.1) is 24.8 Å². The summed E-state index contributed by atoms with van der Waals surface area (Å²) in [6.45, 7) is 1.93. The fourth-order valence-electron chi connectivity index (χ4n) is 2.93. The van der Waals surface area contributed by atoms with Gasteiger partial charge in [-0.25, -0.2) is 9.37 Å². The van der Waals surface area contributed by atoms with Crippen molar-refractivity contribution in [3.05, 3.63) is 47.8 Å². The summed E-state index contributed by atoms with van der Waals surface area (Å²) in [5, 5.41) is 2.92. The van der Waals surface area contributed by atoms with E-state index in [0.29, 0.717) is 23.4 Å². The van der Waals surface area contributed by atoms with E-state index < -0.39 is 6.04 Å². The highest BCUT2D eigenvalue weighted by Crippen LogP contribution is 2.28. The number of aryl methyl sites for hydroxylation is 2. The number of carbonyl (C=O) groups excluding carboxylic acids is 1. The van der Waals surface area contributed by atoms with E-state index in [2.05, 4.69) is 10.3 Å². The Morgan fingerprint density at radius 2 is 2.00 bits per heavy atom. The number of aromatic nitrogens is 2. The van der Waals surface area contributed by atoms with E-state index >= 15 is 0 Å². The Bertz CT molecular complexity index is 996. The lowest BCUT2D eigenvalue weighted by Gasteiger charge is -2.14. The molecule has 0 saturated heterocycles. The summed E-state index contributed by atoms with van der Waals surface area (Å²) in [5.74, 6) is 1.03. The smallest absolute Gasteiger partial charge is 0.241 e. The maximum atomic E-state index is 13.5. The molecule has 2 aromatic carbocycles. The second-order valence-electron chi connectivity index (χ2n) is 6.53. The number of amides is 1. The van der Waals surface area contributed by atoms with Crippen LogP contribution >= 0.6 is 36.6 Å². The molecule has 3 rings (SSSR count). The number of anilines is 1. The number of hydrogen-bond donors (Lipinski definition) is 2. The standard InChI is InChI=1S/C20H23FN4OS.2ClH/c1-12-4-5-13(10-16(12)24-20(26)15(22)8-9-27-3)19-23-17-11-14(21)6-7-18(17)25(19)2;;/h4-7,10-11,15H,8-9,22H2,1-3H3,(H,24,26);2*1H/t15-;;/m0../s1. The molecule has 0 saturated carbocycles. The summed E-state index contributed by atoms with van der Waals surface area (Å²) in [6, 6.07) is 9.76. The first-order valence-corrected chi connectivity index (χ1v) is 10.1. The van der Waals surface area contributed by atoms with E-state index in [1.165, 1.54) is 12.1 Å². The van der Waals surface area contributed by atoms with Crippen molar-refractivity contribution < 1.29 is 9.18 Å². The van der Waals surface area contributed by atoms with Crippen LogP contribution in [0.25, 0.3) is 22.4 Å². The van der Waals surface area contributed by atoms with Crippen molar-refractivity contribution in [1.82, 2.24) is 9.55 Å². The van der Waals surface area contributed by atoms with E-state index in [1.807, 2.05) is 43.0 Å². The van der Waals surface area contributed by atoms with Crippen molar-refractivity contribution in [3.8, 4) is 11.4 Å². The number of imidazole rings is 1. The minimum Gasteiger partial charge on any atom is -0.327 e. The van der Waals surface area contributed by atoms with Crippen molar-refractivity contribution in [1.29, 1.82) is 0 Å². The van der Waals surface area contributed by atoms with Crippen LogP contribution in [0.2, 0.25) is 0 Å². The minimum absolute atomic E-state index is 0. The summed E-state index contributed by atoms with van der Waals surface area (Å²) in [5.41, 5.74) is 9.88. The molecule has 0 bridgehead atoms. The van der Waals surface area contributed by atoms with Gasteiger partial charge in [0.05, 0.1) is 17.1 Å². The molecule has 0 aliphatic carbocycles. The molecule has 1 aromatic heterocycles. The SMILES string of the molecule is CSCC[C@H](N)C(=O)Nc1cc(-c2nc3cc(F)ccc3n2C)ccc1C.Cl.Cl. The average molecular weight is 459 g/mol. The molecule has 0 aliphatic rings. The molecular weight excluding hydrogens is 434 g/mol. The molecular formula is C20H25Cl2FN4OS. The highest BCUT2D eigenvalue weighted by atomic mass is 35.5. The Labute approximate surface area is 186 Å². The van der Waals surface area contributed by atoms with Gasteiger partial charge in [-0.1, -0.05) is 12.1 Å². The fourth-order valence-corrected chi connectivity index (χ4v) is 3.42. The molecule has 3 aromatic rings. The van der Waals surface area contributed by atoms with Gasteiger partial charge in [0.2, 0.25) is 5.91 Å². The average Bonchev–Trinajstić information content (AvgIpc) is 2.97. The number of halogens is 3. The lowest BCUT2D eigenvalue weighted by Crippen LogP contribution is -2.36. The number of nitrogens with zero attached hydrogens (tertiary/aromatic N) is 2. The van der Waals surface area contributed by atoms with Gasteiger partial charge < -0.3 is 15.6 Å². The second kappa shape index (κ2) is 10.8. The fraction of sp³-hybridized carbons (Fsp3) is 0.300. The third-order valence-corrected chi connectivity index (χ3v) is 5.21. The van der Waals surface area contributed by atoms with Crippen LogP contribution in [-0.2, 0) is 11.8 Å². The Kier molecular flexibility index (Phi) is 9.42. The molecule has 158 valence electrons. The van der Waals surface area contributed by atoms with Gasteiger partial charge in [-0.05, 0) is 49.1 Å². The highest BCUT2D eigenvalue weighted by Gasteiger charge is 2.16. The third kappa shape index (κ3) is 5.63. The van der Waals surface area contributed by atoms with Crippen LogP contribution in [0.3, 0.4) is 0 Å². The zero-order valence-electron chi connectivity index (χ0n) is 16.4. The van der Waals surface area contributed by atoms with Crippen molar-refractivity contribution >= 4 is 59.2 Å². The van der Waals surface area contributed by atoms with Gasteiger partial charge in [-0.3, -0.25) is 4.79 Å². The summed E-state index contributed by atoms with van der Waals surface area (Å²) < 4.78 is 15.4. The van der Waals surface area contributed by atoms with Crippen LogP contribution in [0, 0.1) is 12.7 Å². The Morgan fingerprint density at radius 3 is 2.69 bits per heavy atom. The number of hydrogen-bond acceptors (Lipinski definition) is 4. The van der Waals surface area contributed by atoms with Gasteiger partial charge in [0.25, 0.3) is 0 Å². The van der Waals surface area contributed by atoms with Crippen LogP contribution in [0.15, 0.2) is 36.4 Å². The van der Waals surface area contributed by atoms with E-state index in [-0.39, 0.29) is 36.5 Å². The molecule has 9 heteroatoms. The molecule has 0 unspecified atom stereocenters. The van der Waals surface area contributed by atoms with Gasteiger partial charge in [0.1, 0.15) is 11.6 Å². The number of nitrogens with two attached hydrogens (primary N) is 1. The van der Waals surface area contributed by atoms with Crippen molar-refractivity contribution in [2.24, 2.45) is 12.8 Å². The topological polar surface area (TPSA) is 72.9 Å². The number of carbonyl (C=O) groups is 1. The van der Waals surface area contributed by atoms with Crippen LogP contribution in [0.1, 0.15) is 12.0 Å². The molecule has 0 spiro atoms. The number of thioether (sulfide) groups is 1. The lowest BCUT2D eigenvalue weighted by atomic mass is 10.1. The van der Waals surface area contributed by atoms with Crippen molar-refractivity contribution in [3.63, 3.8) is 0 Å². The van der Waals surface area contributed by atoms with E-state index in [0.717, 1.165) is 22.4 Å². The Hall–Kier alpha value is -1.80. The lowest BCUT2D eigenvalue weighted by molar-refractivity contribution is -0.117. The third-order valence-electron chi connectivity index (χ3n) is 4.57. The van der Waals surface area contributed by atoms with Crippen molar-refractivity contribution in [2.45, 2.75) is 19.4 Å². The summed E-state index contributed by atoms with van der Waals surface area (Å²) in [4.78, 5) is 16.9. The maximum absolute atomic E-state index is 13.5. The van der Waals surface area contributed by atoms with Gasteiger partial charge in [-0.2, -0.15) is 11.8 Å². The second-order valence-corrected chi connectivity index (χ2v) is 7.52. The molecule has 29 heavy (non-hydrogen) atoms. The summed E-state index contributed by atoms with van der Waals surface area (Å²) >= 11 is 1.66. The molecule has 1 atom stereocenters. The van der Waals surface area contributed by atoms with E-state index in [4.69, 9.17) is 5.73 Å². The predicted octanol–water partition coefficient (Wildman–Crippen LogP) is 4.55. The summed E-state index contributed by atoms with van der Waals surface area (Å²) in [7, 11) is 1.89. The highest BCUT2D eigenvalue weighted by molar-refractivity contribution is 7.98. The van der Waals surface area contributed by atoms with Crippen molar-refractivity contribution in [2.75, 3.05) is 17.3 Å². The molecule has 5 nitrogen and oxygen atoms in total. The molecule has 0 radical (unpaired) electrons. The normalized spacial score (nSPS) is 11.5. The number of nitrogens with one attached hydrogen (secondary N) is 1. The van der Waals surface area contributed by atoms with Crippen LogP contribution in [0.4, 0.5) is 10.1 Å². The largest absolute Gasteiger partial charge is 0.327 e. The molecule has 1 amide bonds. The first kappa shape index (κ1) is 25.2. The Morgan fingerprint density at radius 1 is 1.28 bits per heavy atom. The number of fused-ring (bicyclic) bond motifs is 1. The first-order valence-electron chi connectivity index (χ1n) is 8.69. The van der Waals surface area contributed by atoms with Crippen LogP contribution in [0.5, 0.6) is 0 Å². The minimum atomic E-state index is -0.542. The monoisotopic (exact) mass is 458 g/mol. The quantitative estimate of drug-likeness (QED) is 0.567. The zero-order valence-corrected chi connectivity index (χ0v) is 18.9. The first-order chi connectivity index (χ1) is 12.9. The van der Waals surface area contributed by atoms with E-state index in [9.17, 15) is 9.18 Å². The zero-order chi connectivity index (χ0) is 19.6. The van der Waals surface area contributed by atoms with Gasteiger partial charge >= 0.3 is 0 Å². The summed E-state index contributed by atoms with van der Waals surface area (Å²) in [6.07, 6.45) is 2.61.